The van der Waals surface area contributed by atoms with E-state index in [9.17, 15) is 24.1 Å². The van der Waals surface area contributed by atoms with E-state index in [1.807, 2.05) is 0 Å². The van der Waals surface area contributed by atoms with Crippen LogP contribution in [0.4, 0.5) is 10.1 Å². The molecule has 0 aromatic heterocycles. The molecule has 7 nitrogen and oxygen atoms in total. The Balaban J connectivity index is 2.99. The van der Waals surface area contributed by atoms with Crippen molar-refractivity contribution >= 4 is 17.6 Å². The predicted octanol–water partition coefficient (Wildman–Crippen LogP) is 1.33. The van der Waals surface area contributed by atoms with Crippen LogP contribution in [0.15, 0.2) is 18.2 Å². The molecule has 1 aromatic carbocycles. The first kappa shape index (κ1) is 14.6. The summed E-state index contributed by atoms with van der Waals surface area (Å²) in [6.07, 6.45) is 0.137. The molecule has 0 aliphatic heterocycles. The molecule has 2 N–H and O–H groups in total. The van der Waals surface area contributed by atoms with Gasteiger partial charge in [-0.25, -0.2) is 9.18 Å². The number of rotatable bonds is 5. The van der Waals surface area contributed by atoms with E-state index < -0.39 is 34.3 Å². The van der Waals surface area contributed by atoms with E-state index in [0.717, 1.165) is 12.1 Å². The Morgan fingerprint density at radius 1 is 1.47 bits per heavy atom. The lowest BCUT2D eigenvalue weighted by molar-refractivity contribution is -0.385. The van der Waals surface area contributed by atoms with Crippen molar-refractivity contribution in [1.29, 1.82) is 0 Å². The summed E-state index contributed by atoms with van der Waals surface area (Å²) in [6, 6.07) is 1.23. The number of nitro benzene ring substituents is 1. The molecular formula is C11H11FN2O5. The fourth-order valence-electron chi connectivity index (χ4n) is 1.39. The van der Waals surface area contributed by atoms with Crippen LogP contribution in [0, 0.1) is 15.9 Å². The molecule has 0 saturated heterocycles. The molecule has 0 radical (unpaired) electrons. The number of aliphatic carboxylic acids is 1. The second-order valence-electron chi connectivity index (χ2n) is 3.73. The number of nitrogens with one attached hydrogen (secondary N) is 1. The molecule has 0 bridgehead atoms. The molecule has 19 heavy (non-hydrogen) atoms. The molecule has 8 heteroatoms. The van der Waals surface area contributed by atoms with E-state index in [1.54, 1.807) is 6.92 Å². The number of carboxylic acids is 1. The average Bonchev–Trinajstić information content (AvgIpc) is 2.34. The molecule has 102 valence electrons. The molecule has 0 fully saturated rings. The van der Waals surface area contributed by atoms with Gasteiger partial charge in [0.25, 0.3) is 11.6 Å². The van der Waals surface area contributed by atoms with Crippen LogP contribution >= 0.6 is 0 Å². The van der Waals surface area contributed by atoms with E-state index in [2.05, 4.69) is 5.32 Å². The third-order valence-electron chi connectivity index (χ3n) is 2.37. The van der Waals surface area contributed by atoms with Crippen molar-refractivity contribution in [2.75, 3.05) is 0 Å². The molecule has 0 spiro atoms. The minimum absolute atomic E-state index is 0.137. The maximum Gasteiger partial charge on any atom is 0.326 e. The fraction of sp³-hybridized carbons (Fsp3) is 0.273. The van der Waals surface area contributed by atoms with Crippen molar-refractivity contribution in [3.63, 3.8) is 0 Å². The lowest BCUT2D eigenvalue weighted by Gasteiger charge is -2.12. The number of amides is 1. The Kier molecular flexibility index (Phi) is 4.51. The molecule has 0 heterocycles. The van der Waals surface area contributed by atoms with Crippen LogP contribution in [-0.4, -0.2) is 27.9 Å². The van der Waals surface area contributed by atoms with Gasteiger partial charge in [-0.15, -0.1) is 0 Å². The minimum atomic E-state index is -1.23. The summed E-state index contributed by atoms with van der Waals surface area (Å²) >= 11 is 0. The number of halogens is 1. The molecule has 0 unspecified atom stereocenters. The number of carbonyl (C=O) groups is 2. The van der Waals surface area contributed by atoms with Gasteiger partial charge in [0.05, 0.1) is 11.0 Å². The summed E-state index contributed by atoms with van der Waals surface area (Å²) in [5.41, 5.74) is -0.875. The fourth-order valence-corrected chi connectivity index (χ4v) is 1.39. The van der Waals surface area contributed by atoms with E-state index in [1.165, 1.54) is 0 Å². The SMILES string of the molecule is CC[C@@H](NC(=O)c1cc(F)cc([N+](=O)[O-])c1)C(=O)O. The van der Waals surface area contributed by atoms with Gasteiger partial charge < -0.3 is 10.4 Å². The highest BCUT2D eigenvalue weighted by Crippen LogP contribution is 2.16. The first-order chi connectivity index (χ1) is 8.85. The molecule has 1 rings (SSSR count). The Morgan fingerprint density at radius 3 is 2.58 bits per heavy atom. The van der Waals surface area contributed by atoms with Gasteiger partial charge in [-0.3, -0.25) is 14.9 Å². The van der Waals surface area contributed by atoms with Crippen molar-refractivity contribution in [3.05, 3.63) is 39.7 Å². The van der Waals surface area contributed by atoms with E-state index in [4.69, 9.17) is 5.11 Å². The van der Waals surface area contributed by atoms with Crippen LogP contribution < -0.4 is 5.32 Å². The summed E-state index contributed by atoms with van der Waals surface area (Å²) < 4.78 is 13.1. The standard InChI is InChI=1S/C11H11FN2O5/c1-2-9(11(16)17)13-10(15)6-3-7(12)5-8(4-6)14(18)19/h3-5,9H,2H2,1H3,(H,13,15)(H,16,17)/t9-/m1/s1. The van der Waals surface area contributed by atoms with E-state index in [-0.39, 0.29) is 12.0 Å². The van der Waals surface area contributed by atoms with Gasteiger partial charge in [-0.1, -0.05) is 6.92 Å². The van der Waals surface area contributed by atoms with E-state index in [0.29, 0.717) is 6.07 Å². The Labute approximate surface area is 107 Å². The summed E-state index contributed by atoms with van der Waals surface area (Å²) in [4.78, 5) is 32.1. The quantitative estimate of drug-likeness (QED) is 0.619. The van der Waals surface area contributed by atoms with Gasteiger partial charge in [0.2, 0.25) is 0 Å². The summed E-state index contributed by atoms with van der Waals surface area (Å²) in [5, 5.41) is 21.4. The third kappa shape index (κ3) is 3.73. The van der Waals surface area contributed by atoms with Crippen molar-refractivity contribution in [3.8, 4) is 0 Å². The van der Waals surface area contributed by atoms with Crippen LogP contribution in [0.2, 0.25) is 0 Å². The van der Waals surface area contributed by atoms with E-state index >= 15 is 0 Å². The summed E-state index contributed by atoms with van der Waals surface area (Å²) in [7, 11) is 0. The van der Waals surface area contributed by atoms with Crippen LogP contribution in [-0.2, 0) is 4.79 Å². The number of hydrogen-bond donors (Lipinski definition) is 2. The second-order valence-corrected chi connectivity index (χ2v) is 3.73. The zero-order valence-electron chi connectivity index (χ0n) is 9.92. The van der Waals surface area contributed by atoms with Crippen LogP contribution in [0.3, 0.4) is 0 Å². The molecule has 1 atom stereocenters. The highest BCUT2D eigenvalue weighted by atomic mass is 19.1. The lowest BCUT2D eigenvalue weighted by atomic mass is 10.1. The van der Waals surface area contributed by atoms with Crippen molar-refractivity contribution in [1.82, 2.24) is 5.32 Å². The second kappa shape index (κ2) is 5.89. The number of benzene rings is 1. The normalized spacial score (nSPS) is 11.7. The van der Waals surface area contributed by atoms with Crippen LogP contribution in [0.5, 0.6) is 0 Å². The number of nitro groups is 1. The number of carboxylic acid groups (broad SMARTS) is 1. The molecule has 0 aliphatic rings. The number of hydrogen-bond acceptors (Lipinski definition) is 4. The summed E-state index contributed by atoms with van der Waals surface area (Å²) in [6.45, 7) is 1.55. The Bertz CT molecular complexity index is 532. The lowest BCUT2D eigenvalue weighted by Crippen LogP contribution is -2.40. The monoisotopic (exact) mass is 270 g/mol. The smallest absolute Gasteiger partial charge is 0.326 e. The highest BCUT2D eigenvalue weighted by molar-refractivity contribution is 5.97. The first-order valence-electron chi connectivity index (χ1n) is 5.33. The van der Waals surface area contributed by atoms with Gasteiger partial charge in [0, 0.05) is 11.6 Å². The maximum absolute atomic E-state index is 13.1. The zero-order chi connectivity index (χ0) is 14.6. The molecule has 0 aliphatic carbocycles. The largest absolute Gasteiger partial charge is 0.480 e. The first-order valence-corrected chi connectivity index (χ1v) is 5.33. The minimum Gasteiger partial charge on any atom is -0.480 e. The van der Waals surface area contributed by atoms with Crippen molar-refractivity contribution in [2.45, 2.75) is 19.4 Å². The van der Waals surface area contributed by atoms with Gasteiger partial charge in [0.15, 0.2) is 0 Å². The average molecular weight is 270 g/mol. The molecule has 1 amide bonds. The number of nitrogens with zero attached hydrogens (tertiary/aromatic N) is 1. The summed E-state index contributed by atoms with van der Waals surface area (Å²) in [5.74, 6) is -3.05. The van der Waals surface area contributed by atoms with Crippen molar-refractivity contribution in [2.24, 2.45) is 0 Å². The molecular weight excluding hydrogens is 259 g/mol. The molecule has 0 saturated carbocycles. The number of carbonyl (C=O) groups excluding carboxylic acids is 1. The van der Waals surface area contributed by atoms with Gasteiger partial charge in [-0.05, 0) is 12.5 Å². The Hall–Kier alpha value is -2.51. The highest BCUT2D eigenvalue weighted by Gasteiger charge is 2.20. The third-order valence-corrected chi connectivity index (χ3v) is 2.37. The van der Waals surface area contributed by atoms with Crippen LogP contribution in [0.25, 0.3) is 0 Å². The van der Waals surface area contributed by atoms with Gasteiger partial charge in [0.1, 0.15) is 11.9 Å². The van der Waals surface area contributed by atoms with Gasteiger partial charge in [-0.2, -0.15) is 0 Å². The predicted molar refractivity (Wildman–Crippen MR) is 62.2 cm³/mol. The molecule has 1 aromatic rings. The van der Waals surface area contributed by atoms with Gasteiger partial charge >= 0.3 is 5.97 Å². The van der Waals surface area contributed by atoms with Crippen molar-refractivity contribution < 1.29 is 24.0 Å². The Morgan fingerprint density at radius 2 is 2.11 bits per heavy atom. The van der Waals surface area contributed by atoms with Crippen LogP contribution in [0.1, 0.15) is 23.7 Å². The maximum atomic E-state index is 13.1. The number of non-ortho nitro benzene ring substituents is 1. The topological polar surface area (TPSA) is 110 Å². The zero-order valence-corrected chi connectivity index (χ0v) is 9.92.